The van der Waals surface area contributed by atoms with Crippen LogP contribution < -0.4 is 9.62 Å². The predicted octanol–water partition coefficient (Wildman–Crippen LogP) is 5.93. The van der Waals surface area contributed by atoms with E-state index in [9.17, 15) is 26.4 Å². The van der Waals surface area contributed by atoms with Gasteiger partial charge in [0, 0.05) is 24.4 Å². The molecular weight excluding hydrogens is 553 g/mol. The number of nitrogens with one attached hydrogen (secondary N) is 1. The lowest BCUT2D eigenvalue weighted by Gasteiger charge is -2.23. The highest BCUT2D eigenvalue weighted by Crippen LogP contribution is 2.50. The summed E-state index contributed by atoms with van der Waals surface area (Å²) in [6.45, 7) is 0. The fraction of sp³-hybridized carbons (Fsp3) is 0.233. The van der Waals surface area contributed by atoms with E-state index in [0.29, 0.717) is 30.5 Å². The summed E-state index contributed by atoms with van der Waals surface area (Å²) in [4.78, 5) is 23.7. The Morgan fingerprint density at radius 3 is 2.32 bits per heavy atom. The van der Waals surface area contributed by atoms with Gasteiger partial charge in [-0.25, -0.2) is 28.0 Å². The van der Waals surface area contributed by atoms with Gasteiger partial charge in [0.25, 0.3) is 0 Å². The highest BCUT2D eigenvalue weighted by Gasteiger charge is 2.47. The van der Waals surface area contributed by atoms with Crippen molar-refractivity contribution in [1.29, 1.82) is 0 Å². The SMILES string of the molecule is O=C(C1CC1c1ccccc1)N(c1ccc2c(c1)C(NS(=O)(=O)c1ccc(C(F)(F)F)cc1)CC2)c1ncccn1. The number of hydrogen-bond acceptors (Lipinski definition) is 5. The third kappa shape index (κ3) is 5.47. The van der Waals surface area contributed by atoms with Crippen molar-refractivity contribution >= 4 is 27.6 Å². The van der Waals surface area contributed by atoms with Crippen molar-refractivity contribution in [2.45, 2.75) is 42.3 Å². The van der Waals surface area contributed by atoms with E-state index in [4.69, 9.17) is 0 Å². The maximum absolute atomic E-state index is 13.8. The van der Waals surface area contributed by atoms with Crippen LogP contribution in [0.3, 0.4) is 0 Å². The van der Waals surface area contributed by atoms with Gasteiger partial charge in [0.2, 0.25) is 21.9 Å². The van der Waals surface area contributed by atoms with Gasteiger partial charge in [0.15, 0.2) is 0 Å². The number of carbonyl (C=O) groups excluding carboxylic acids is 1. The second-order valence-corrected chi connectivity index (χ2v) is 11.9. The van der Waals surface area contributed by atoms with E-state index >= 15 is 0 Å². The molecule has 4 aromatic rings. The van der Waals surface area contributed by atoms with Gasteiger partial charge in [-0.2, -0.15) is 13.2 Å². The van der Waals surface area contributed by atoms with Crippen LogP contribution in [0.25, 0.3) is 0 Å². The van der Waals surface area contributed by atoms with Crippen molar-refractivity contribution in [1.82, 2.24) is 14.7 Å². The largest absolute Gasteiger partial charge is 0.416 e. The van der Waals surface area contributed by atoms with Gasteiger partial charge in [-0.15, -0.1) is 0 Å². The number of alkyl halides is 3. The molecule has 2 aliphatic carbocycles. The zero-order chi connectivity index (χ0) is 28.8. The Morgan fingerprint density at radius 1 is 0.927 bits per heavy atom. The lowest BCUT2D eigenvalue weighted by atomic mass is 10.1. The molecule has 210 valence electrons. The summed E-state index contributed by atoms with van der Waals surface area (Å²) in [5, 5.41) is 0. The maximum Gasteiger partial charge on any atom is 0.416 e. The third-order valence-electron chi connectivity index (χ3n) is 7.56. The number of sulfonamides is 1. The number of anilines is 2. The van der Waals surface area contributed by atoms with E-state index in [0.717, 1.165) is 35.4 Å². The number of amides is 1. The molecule has 0 aliphatic heterocycles. The maximum atomic E-state index is 13.8. The van der Waals surface area contributed by atoms with Crippen LogP contribution in [-0.4, -0.2) is 24.3 Å². The standard InChI is InChI=1S/C30H25F3N4O3S/c31-30(32,33)21-9-12-23(13-10-21)41(39,40)36-27-14-8-20-7-11-22(17-25(20)27)37(29-34-15-4-16-35-29)28(38)26-18-24(26)19-5-2-1-3-6-19/h1-7,9-13,15-17,24,26-27,36H,8,14,18H2. The predicted molar refractivity (Wildman–Crippen MR) is 146 cm³/mol. The van der Waals surface area contributed by atoms with Gasteiger partial charge >= 0.3 is 6.18 Å². The highest BCUT2D eigenvalue weighted by molar-refractivity contribution is 7.89. The Hall–Kier alpha value is -4.09. The number of rotatable bonds is 7. The molecule has 1 heterocycles. The molecule has 3 aromatic carbocycles. The second kappa shape index (κ2) is 10.4. The molecule has 41 heavy (non-hydrogen) atoms. The number of fused-ring (bicyclic) bond motifs is 1. The second-order valence-electron chi connectivity index (χ2n) is 10.2. The fourth-order valence-corrected chi connectivity index (χ4v) is 6.63. The Kier molecular flexibility index (Phi) is 6.87. The number of carbonyl (C=O) groups is 1. The molecule has 0 spiro atoms. The van der Waals surface area contributed by atoms with Crippen LogP contribution in [0.2, 0.25) is 0 Å². The average molecular weight is 579 g/mol. The lowest BCUT2D eigenvalue weighted by molar-refractivity contribution is -0.137. The van der Waals surface area contributed by atoms with Gasteiger partial charge in [-0.3, -0.25) is 4.79 Å². The monoisotopic (exact) mass is 578 g/mol. The molecule has 3 unspecified atom stereocenters. The van der Waals surface area contributed by atoms with Crippen molar-refractivity contribution in [3.8, 4) is 0 Å². The first-order valence-electron chi connectivity index (χ1n) is 13.1. The summed E-state index contributed by atoms with van der Waals surface area (Å²) >= 11 is 0. The zero-order valence-electron chi connectivity index (χ0n) is 21.6. The van der Waals surface area contributed by atoms with Crippen LogP contribution in [0, 0.1) is 5.92 Å². The minimum Gasteiger partial charge on any atom is -0.274 e. The normalized spacial score (nSPS) is 19.9. The minimum atomic E-state index is -4.57. The quantitative estimate of drug-likeness (QED) is 0.294. The molecule has 1 N–H and O–H groups in total. The summed E-state index contributed by atoms with van der Waals surface area (Å²) in [7, 11) is -4.11. The number of hydrogen-bond donors (Lipinski definition) is 1. The van der Waals surface area contributed by atoms with Gasteiger partial charge in [-0.05, 0) is 84.3 Å². The summed E-state index contributed by atoms with van der Waals surface area (Å²) < 4.78 is 67.7. The van der Waals surface area contributed by atoms with Gasteiger partial charge in [0.05, 0.1) is 16.1 Å². The first-order chi connectivity index (χ1) is 19.6. The molecule has 0 bridgehead atoms. The average Bonchev–Trinajstić information content (AvgIpc) is 3.69. The molecule has 6 rings (SSSR count). The molecular formula is C30H25F3N4O3S. The van der Waals surface area contributed by atoms with E-state index in [1.165, 1.54) is 4.90 Å². The van der Waals surface area contributed by atoms with Gasteiger partial charge in [-0.1, -0.05) is 36.4 Å². The van der Waals surface area contributed by atoms with Crippen LogP contribution in [0.5, 0.6) is 0 Å². The first kappa shape index (κ1) is 27.1. The van der Waals surface area contributed by atoms with Gasteiger partial charge < -0.3 is 0 Å². The van der Waals surface area contributed by atoms with Gasteiger partial charge in [0.1, 0.15) is 0 Å². The van der Waals surface area contributed by atoms with Crippen molar-refractivity contribution < 1.29 is 26.4 Å². The van der Waals surface area contributed by atoms with E-state index in [1.54, 1.807) is 30.6 Å². The smallest absolute Gasteiger partial charge is 0.274 e. The highest BCUT2D eigenvalue weighted by atomic mass is 32.2. The Bertz CT molecular complexity index is 1680. The van der Waals surface area contributed by atoms with E-state index in [-0.39, 0.29) is 28.6 Å². The van der Waals surface area contributed by atoms with E-state index in [1.807, 2.05) is 36.4 Å². The van der Waals surface area contributed by atoms with Crippen molar-refractivity contribution in [2.24, 2.45) is 5.92 Å². The van der Waals surface area contributed by atoms with E-state index < -0.39 is 27.8 Å². The number of halogens is 3. The molecule has 1 aromatic heterocycles. The van der Waals surface area contributed by atoms with Crippen LogP contribution in [0.1, 0.15) is 47.1 Å². The molecule has 1 saturated carbocycles. The molecule has 1 fully saturated rings. The minimum absolute atomic E-state index is 0.0904. The Labute approximate surface area is 235 Å². The number of nitrogens with zero attached hydrogens (tertiary/aromatic N) is 3. The topological polar surface area (TPSA) is 92.3 Å². The number of aromatic nitrogens is 2. The van der Waals surface area contributed by atoms with Crippen LogP contribution in [0.15, 0.2) is 96.2 Å². The summed E-state index contributed by atoms with van der Waals surface area (Å²) in [5.74, 6) is -0.0861. The summed E-state index contributed by atoms with van der Waals surface area (Å²) in [5.41, 5.74) is 2.29. The number of benzene rings is 3. The zero-order valence-corrected chi connectivity index (χ0v) is 22.4. The molecule has 0 radical (unpaired) electrons. The summed E-state index contributed by atoms with van der Waals surface area (Å²) in [6.07, 6.45) is 0.311. The first-order valence-corrected chi connectivity index (χ1v) is 14.6. The van der Waals surface area contributed by atoms with Crippen molar-refractivity contribution in [3.63, 3.8) is 0 Å². The third-order valence-corrected chi connectivity index (χ3v) is 9.05. The fourth-order valence-electron chi connectivity index (χ4n) is 5.38. The molecule has 0 saturated heterocycles. The Morgan fingerprint density at radius 2 is 1.63 bits per heavy atom. The molecule has 11 heteroatoms. The van der Waals surface area contributed by atoms with Crippen LogP contribution in [0.4, 0.5) is 24.8 Å². The van der Waals surface area contributed by atoms with E-state index in [2.05, 4.69) is 14.7 Å². The molecule has 7 nitrogen and oxygen atoms in total. The molecule has 2 aliphatic rings. The molecule has 3 atom stereocenters. The van der Waals surface area contributed by atoms with Crippen LogP contribution in [-0.2, 0) is 27.4 Å². The Balaban J connectivity index is 1.28. The van der Waals surface area contributed by atoms with Crippen molar-refractivity contribution in [2.75, 3.05) is 4.90 Å². The molecule has 1 amide bonds. The van der Waals surface area contributed by atoms with Crippen molar-refractivity contribution in [3.05, 3.63) is 114 Å². The number of aryl methyl sites for hydroxylation is 1. The van der Waals surface area contributed by atoms with Crippen LogP contribution >= 0.6 is 0 Å². The lowest BCUT2D eigenvalue weighted by Crippen LogP contribution is -2.30. The summed E-state index contributed by atoms with van der Waals surface area (Å²) in [6, 6.07) is 19.7.